The van der Waals surface area contributed by atoms with E-state index in [9.17, 15) is 18.0 Å². The molecule has 0 saturated carbocycles. The van der Waals surface area contributed by atoms with Crippen LogP contribution >= 0.6 is 0 Å². The van der Waals surface area contributed by atoms with Crippen molar-refractivity contribution in [3.63, 3.8) is 0 Å². The first-order valence-electron chi connectivity index (χ1n) is 4.36. The van der Waals surface area contributed by atoms with Crippen LogP contribution in [0.25, 0.3) is 0 Å². The van der Waals surface area contributed by atoms with Crippen LogP contribution in [0.4, 0.5) is 13.2 Å². The zero-order valence-corrected chi connectivity index (χ0v) is 9.99. The molecule has 0 fully saturated rings. The van der Waals surface area contributed by atoms with Crippen molar-refractivity contribution < 1.29 is 30.9 Å². The van der Waals surface area contributed by atoms with E-state index >= 15 is 0 Å². The van der Waals surface area contributed by atoms with E-state index in [-0.39, 0.29) is 5.91 Å². The average molecular weight is 288 g/mol. The predicted octanol–water partition coefficient (Wildman–Crippen LogP) is 0.251. The minimum atomic E-state index is -5.84. The maximum absolute atomic E-state index is 10.7. The van der Waals surface area contributed by atoms with Gasteiger partial charge in [-0.3, -0.25) is 9.35 Å². The van der Waals surface area contributed by atoms with Crippen LogP contribution in [-0.4, -0.2) is 42.9 Å². The second-order valence-corrected chi connectivity index (χ2v) is 4.65. The molecule has 1 amide bonds. The first-order chi connectivity index (χ1) is 7.95. The number of primary amides is 1. The highest BCUT2D eigenvalue weighted by molar-refractivity contribution is 7.86. The summed E-state index contributed by atoms with van der Waals surface area (Å²) < 4.78 is 57.5. The molecular weight excluding hydrogens is 277 g/mol. The van der Waals surface area contributed by atoms with Crippen LogP contribution in [-0.2, 0) is 14.9 Å². The molecule has 10 heteroatoms. The quantitative estimate of drug-likeness (QED) is 0.532. The van der Waals surface area contributed by atoms with Crippen LogP contribution in [0.1, 0.15) is 0 Å². The third-order valence-electron chi connectivity index (χ3n) is 1.67. The lowest BCUT2D eigenvalue weighted by molar-refractivity contribution is -0.114. The number of halogens is 3. The fourth-order valence-corrected chi connectivity index (χ4v) is 0.840. The number of allylic oxidation sites excluding steroid dienone is 2. The lowest BCUT2D eigenvalue weighted by atomic mass is 10.2. The molecule has 0 atom stereocenters. The summed E-state index contributed by atoms with van der Waals surface area (Å²) in [5, 5.41) is 0. The van der Waals surface area contributed by atoms with Gasteiger partial charge >= 0.3 is 15.6 Å². The highest BCUT2D eigenvalue weighted by atomic mass is 32.2. The largest absolute Gasteiger partial charge is 0.522 e. The molecule has 0 bridgehead atoms. The van der Waals surface area contributed by atoms with E-state index in [2.05, 4.69) is 0 Å². The number of alkyl halides is 3. The van der Waals surface area contributed by atoms with E-state index in [0.717, 1.165) is 0 Å². The van der Waals surface area contributed by atoms with E-state index in [1.807, 2.05) is 24.2 Å². The van der Waals surface area contributed by atoms with Crippen LogP contribution in [0.2, 0.25) is 0 Å². The maximum atomic E-state index is 10.7. The van der Waals surface area contributed by atoms with Gasteiger partial charge in [0, 0.05) is 19.2 Å². The summed E-state index contributed by atoms with van der Waals surface area (Å²) in [7, 11) is -3.94. The number of nitrogens with two attached hydrogens (primary N) is 1. The standard InChI is InChI=1S/C7H10N2O.CHF3O3S/c1-9-4-2-3-6(5-9)7(8)10;2-1(3,4)8(5,6)7/h2-4H,5H2,1H3,(H2,8,10);(H,5,6,7). The zero-order chi connectivity index (χ0) is 14.6. The van der Waals surface area contributed by atoms with Gasteiger partial charge < -0.3 is 10.6 Å². The highest BCUT2D eigenvalue weighted by Gasteiger charge is 2.44. The minimum Gasteiger partial charge on any atom is -0.376 e. The lowest BCUT2D eigenvalue weighted by Gasteiger charge is -2.17. The normalized spacial score (nSPS) is 15.6. The van der Waals surface area contributed by atoms with Gasteiger partial charge in [-0.2, -0.15) is 21.6 Å². The Balaban J connectivity index is 0.000000331. The summed E-state index contributed by atoms with van der Waals surface area (Å²) in [6, 6.07) is 0. The minimum absolute atomic E-state index is 0.337. The molecule has 0 aromatic carbocycles. The number of hydrogen-bond acceptors (Lipinski definition) is 4. The molecule has 104 valence electrons. The monoisotopic (exact) mass is 288 g/mol. The molecule has 0 aromatic heterocycles. The Morgan fingerprint density at radius 3 is 2.17 bits per heavy atom. The van der Waals surface area contributed by atoms with Gasteiger partial charge in [0.1, 0.15) is 0 Å². The number of rotatable bonds is 1. The number of nitrogens with zero attached hydrogens (tertiary/aromatic N) is 1. The van der Waals surface area contributed by atoms with Crippen molar-refractivity contribution in [3.8, 4) is 0 Å². The van der Waals surface area contributed by atoms with Crippen LogP contribution in [0.3, 0.4) is 0 Å². The van der Waals surface area contributed by atoms with Crippen molar-refractivity contribution in [2.24, 2.45) is 5.73 Å². The summed E-state index contributed by atoms with van der Waals surface area (Å²) in [6.07, 6.45) is 5.44. The Morgan fingerprint density at radius 1 is 1.50 bits per heavy atom. The number of carbonyl (C=O) groups excluding carboxylic acids is 1. The summed E-state index contributed by atoms with van der Waals surface area (Å²) in [6.45, 7) is 0.617. The number of carbonyl (C=O) groups is 1. The van der Waals surface area contributed by atoms with Gasteiger partial charge in [0.05, 0.1) is 0 Å². The molecule has 0 spiro atoms. The van der Waals surface area contributed by atoms with Crippen molar-refractivity contribution in [1.82, 2.24) is 4.90 Å². The van der Waals surface area contributed by atoms with E-state index in [1.165, 1.54) is 0 Å². The summed E-state index contributed by atoms with van der Waals surface area (Å²) in [4.78, 5) is 12.5. The van der Waals surface area contributed by atoms with Crippen molar-refractivity contribution in [2.75, 3.05) is 13.6 Å². The van der Waals surface area contributed by atoms with Gasteiger partial charge in [-0.05, 0) is 12.3 Å². The van der Waals surface area contributed by atoms with Crippen molar-refractivity contribution in [2.45, 2.75) is 5.51 Å². The molecule has 1 rings (SSSR count). The second kappa shape index (κ2) is 5.87. The molecule has 1 aliphatic heterocycles. The van der Waals surface area contributed by atoms with Gasteiger partial charge in [-0.15, -0.1) is 0 Å². The predicted molar refractivity (Wildman–Crippen MR) is 56.7 cm³/mol. The number of hydrogen-bond donors (Lipinski definition) is 2. The molecule has 0 saturated heterocycles. The molecule has 1 aliphatic rings. The average Bonchev–Trinajstić information content (AvgIpc) is 2.15. The van der Waals surface area contributed by atoms with Crippen molar-refractivity contribution >= 4 is 16.0 Å². The first-order valence-corrected chi connectivity index (χ1v) is 5.80. The fraction of sp³-hybridized carbons (Fsp3) is 0.375. The van der Waals surface area contributed by atoms with Crippen LogP contribution in [0.15, 0.2) is 23.9 Å². The first kappa shape index (κ1) is 16.4. The Morgan fingerprint density at radius 2 is 1.94 bits per heavy atom. The summed E-state index contributed by atoms with van der Waals surface area (Å²) in [5.74, 6) is -0.337. The van der Waals surface area contributed by atoms with Gasteiger partial charge in [0.25, 0.3) is 0 Å². The van der Waals surface area contributed by atoms with Crippen LogP contribution in [0, 0.1) is 0 Å². The van der Waals surface area contributed by atoms with E-state index in [4.69, 9.17) is 18.7 Å². The van der Waals surface area contributed by atoms with Gasteiger partial charge in [0.15, 0.2) is 0 Å². The highest BCUT2D eigenvalue weighted by Crippen LogP contribution is 2.20. The Bertz CT molecular complexity index is 467. The summed E-state index contributed by atoms with van der Waals surface area (Å²) >= 11 is 0. The second-order valence-electron chi connectivity index (χ2n) is 3.23. The zero-order valence-electron chi connectivity index (χ0n) is 9.18. The Kier molecular flexibility index (Phi) is 5.36. The molecule has 18 heavy (non-hydrogen) atoms. The molecule has 3 N–H and O–H groups in total. The smallest absolute Gasteiger partial charge is 0.376 e. The molecule has 0 unspecified atom stereocenters. The van der Waals surface area contributed by atoms with Gasteiger partial charge in [0.2, 0.25) is 5.91 Å². The Labute approximate surface area is 101 Å². The van der Waals surface area contributed by atoms with Crippen LogP contribution in [0.5, 0.6) is 0 Å². The molecule has 0 aliphatic carbocycles. The third kappa shape index (κ3) is 5.68. The maximum Gasteiger partial charge on any atom is 0.522 e. The number of likely N-dealkylation sites (N-methyl/N-ethyl adjacent to an activating group) is 1. The van der Waals surface area contributed by atoms with Gasteiger partial charge in [-0.1, -0.05) is 6.08 Å². The van der Waals surface area contributed by atoms with E-state index in [1.54, 1.807) is 6.08 Å². The molecule has 0 radical (unpaired) electrons. The van der Waals surface area contributed by atoms with Crippen molar-refractivity contribution in [1.29, 1.82) is 0 Å². The third-order valence-corrected chi connectivity index (χ3v) is 2.25. The van der Waals surface area contributed by atoms with Crippen LogP contribution < -0.4 is 5.73 Å². The van der Waals surface area contributed by atoms with E-state index < -0.39 is 15.6 Å². The molecule has 0 aromatic rings. The molecule has 6 nitrogen and oxygen atoms in total. The topological polar surface area (TPSA) is 101 Å². The SMILES string of the molecule is CN1C=CC=C(C(N)=O)C1.O=S(=O)(O)C(F)(F)F. The summed E-state index contributed by atoms with van der Waals surface area (Å²) in [5.41, 5.74) is 0.184. The number of amides is 1. The van der Waals surface area contributed by atoms with Crippen molar-refractivity contribution in [3.05, 3.63) is 23.9 Å². The molecular formula is C8H11F3N2O4S. The van der Waals surface area contributed by atoms with E-state index in [0.29, 0.717) is 12.1 Å². The Hall–Kier alpha value is -1.55. The molecule has 1 heterocycles. The lowest BCUT2D eigenvalue weighted by Crippen LogP contribution is -2.25. The van der Waals surface area contributed by atoms with Gasteiger partial charge in [-0.25, -0.2) is 0 Å². The fourth-order valence-electron chi connectivity index (χ4n) is 0.840.